The summed E-state index contributed by atoms with van der Waals surface area (Å²) in [6, 6.07) is 12.6. The monoisotopic (exact) mass is 934 g/mol. The fourth-order valence-corrected chi connectivity index (χ4v) is 8.58. The van der Waals surface area contributed by atoms with Crippen molar-refractivity contribution in [2.24, 2.45) is 5.73 Å². The predicted molar refractivity (Wildman–Crippen MR) is 254 cm³/mol. The van der Waals surface area contributed by atoms with Gasteiger partial charge in [0.25, 0.3) is 0 Å². The van der Waals surface area contributed by atoms with Crippen molar-refractivity contribution < 1.29 is 20.4 Å². The van der Waals surface area contributed by atoms with E-state index in [0.29, 0.717) is 17.2 Å². The molecule has 3 N–H and O–H groups in total. The van der Waals surface area contributed by atoms with Crippen LogP contribution >= 0.6 is 34.8 Å². The molecule has 10 rings (SSSR count). The number of rotatable bonds is 8. The van der Waals surface area contributed by atoms with Gasteiger partial charge in [0.15, 0.2) is 0 Å². The summed E-state index contributed by atoms with van der Waals surface area (Å²) in [5.74, 6) is 2.51. The van der Waals surface area contributed by atoms with Gasteiger partial charge in [0.05, 0.1) is 60.4 Å². The van der Waals surface area contributed by atoms with E-state index in [4.69, 9.17) is 59.5 Å². The highest BCUT2D eigenvalue weighted by Crippen LogP contribution is 2.35. The number of ether oxygens (including phenoxy) is 4. The predicted octanol–water partition coefficient (Wildman–Crippen LogP) is 8.49. The van der Waals surface area contributed by atoms with E-state index in [2.05, 4.69) is 79.3 Å². The van der Waals surface area contributed by atoms with Gasteiger partial charge in [-0.2, -0.15) is 0 Å². The number of fused-ring (bicyclic) bond motifs is 2. The van der Waals surface area contributed by atoms with Crippen LogP contribution in [0, 0.1) is 0 Å². The standard InChI is InChI=1S/C22H25ClN6O2.C18H24N4O2.C4H2Cl2N2.CH4.H2/c23-22-25-6-5-21(28-22)27-15-1-3-17(4-2-15)31-20-12-16(29-7-9-30-10-8-29)11-19-18(20)13-24-14-26-19;19-13-1-3-15(4-2-13)24-18-10-14(22-5-7-23-8-6-22)9-17-16(18)11-20-12-21-17;5-3-1-2-7-4(6)8-3;;/h5-6,11-15,17H,1-4,7-10H2,(H,25,27,28);9-13,15H,1-8,19H2;1-2H;1H4;1H. The first kappa shape index (κ1) is 47.0. The highest BCUT2D eigenvalue weighted by molar-refractivity contribution is 6.31. The first-order chi connectivity index (χ1) is 30.8. The zero-order chi connectivity index (χ0) is 43.4. The van der Waals surface area contributed by atoms with Crippen LogP contribution in [0.4, 0.5) is 17.2 Å². The molecule has 0 radical (unpaired) electrons. The van der Waals surface area contributed by atoms with Crippen LogP contribution in [-0.4, -0.2) is 117 Å². The van der Waals surface area contributed by atoms with Crippen molar-refractivity contribution in [1.29, 1.82) is 0 Å². The summed E-state index contributed by atoms with van der Waals surface area (Å²) in [6.07, 6.45) is 18.4. The van der Waals surface area contributed by atoms with E-state index >= 15 is 0 Å². The van der Waals surface area contributed by atoms with Crippen LogP contribution in [0.1, 0.15) is 60.2 Å². The van der Waals surface area contributed by atoms with Crippen molar-refractivity contribution in [2.75, 3.05) is 67.7 Å². The van der Waals surface area contributed by atoms with Crippen LogP contribution in [-0.2, 0) is 9.47 Å². The van der Waals surface area contributed by atoms with Gasteiger partial charge in [-0.05, 0) is 98.8 Å². The summed E-state index contributed by atoms with van der Waals surface area (Å²) >= 11 is 16.6. The number of hydrogen-bond donors (Lipinski definition) is 2. The third-order valence-electron chi connectivity index (χ3n) is 11.4. The molecular formula is C45H57Cl3N12O4. The number of anilines is 3. The smallest absolute Gasteiger partial charge is 0.224 e. The van der Waals surface area contributed by atoms with E-state index in [1.54, 1.807) is 24.9 Å². The van der Waals surface area contributed by atoms with Crippen molar-refractivity contribution >= 4 is 73.8 Å². The number of morpholine rings is 2. The molecule has 0 amide bonds. The van der Waals surface area contributed by atoms with Crippen LogP contribution < -0.4 is 30.3 Å². The van der Waals surface area contributed by atoms with Gasteiger partial charge in [0.2, 0.25) is 10.6 Å². The van der Waals surface area contributed by atoms with E-state index in [1.807, 2.05) is 18.5 Å². The van der Waals surface area contributed by atoms with Gasteiger partial charge in [0.1, 0.15) is 35.1 Å². The van der Waals surface area contributed by atoms with Crippen molar-refractivity contribution in [1.82, 2.24) is 39.9 Å². The minimum absolute atomic E-state index is 0. The maximum Gasteiger partial charge on any atom is 0.224 e. The van der Waals surface area contributed by atoms with Crippen LogP contribution in [0.25, 0.3) is 21.8 Å². The molecule has 2 saturated carbocycles. The number of aromatic nitrogens is 8. The minimum atomic E-state index is 0. The lowest BCUT2D eigenvalue weighted by Crippen LogP contribution is -2.36. The second-order valence-electron chi connectivity index (χ2n) is 15.7. The fraction of sp³-hybridized carbons (Fsp3) is 0.467. The van der Waals surface area contributed by atoms with Gasteiger partial charge < -0.3 is 39.8 Å². The molecular weight excluding hydrogens is 879 g/mol. The molecule has 6 heterocycles. The summed E-state index contributed by atoms with van der Waals surface area (Å²) in [4.78, 5) is 37.3. The van der Waals surface area contributed by atoms with Crippen molar-refractivity contribution in [3.8, 4) is 11.5 Å². The topological polar surface area (TPSA) is 185 Å². The number of benzene rings is 2. The molecule has 0 bridgehead atoms. The zero-order valence-electron chi connectivity index (χ0n) is 34.9. The Hall–Kier alpha value is -4.97. The number of nitrogens with two attached hydrogens (primary N) is 1. The number of nitrogens with one attached hydrogen (secondary N) is 1. The molecule has 19 heteroatoms. The van der Waals surface area contributed by atoms with Gasteiger partial charge in [-0.25, -0.2) is 39.9 Å². The largest absolute Gasteiger partial charge is 0.490 e. The molecule has 2 saturated heterocycles. The van der Waals surface area contributed by atoms with Gasteiger partial charge in [0, 0.05) is 88.0 Å². The Morgan fingerprint density at radius 2 is 1.11 bits per heavy atom. The van der Waals surface area contributed by atoms with Gasteiger partial charge in [-0.1, -0.05) is 19.0 Å². The average molecular weight is 936 g/mol. The van der Waals surface area contributed by atoms with Crippen LogP contribution in [0.3, 0.4) is 0 Å². The Labute approximate surface area is 390 Å². The molecule has 4 aromatic heterocycles. The Kier molecular flexibility index (Phi) is 17.1. The normalized spacial score (nSPS) is 21.1. The van der Waals surface area contributed by atoms with E-state index in [0.717, 1.165) is 154 Å². The Bertz CT molecular complexity index is 2390. The molecule has 2 aliphatic carbocycles. The Morgan fingerprint density at radius 3 is 1.58 bits per heavy atom. The minimum Gasteiger partial charge on any atom is -0.490 e. The molecule has 6 aromatic rings. The zero-order valence-corrected chi connectivity index (χ0v) is 37.1. The molecule has 0 spiro atoms. The molecule has 64 heavy (non-hydrogen) atoms. The molecule has 2 aromatic carbocycles. The first-order valence-corrected chi connectivity index (χ1v) is 22.6. The van der Waals surface area contributed by atoms with Gasteiger partial charge >= 0.3 is 0 Å². The first-order valence-electron chi connectivity index (χ1n) is 21.4. The molecule has 0 atom stereocenters. The molecule has 2 aliphatic heterocycles. The van der Waals surface area contributed by atoms with E-state index in [9.17, 15) is 0 Å². The van der Waals surface area contributed by atoms with Crippen LogP contribution in [0.15, 0.2) is 73.8 Å². The Morgan fingerprint density at radius 1 is 0.625 bits per heavy atom. The van der Waals surface area contributed by atoms with E-state index in [-0.39, 0.29) is 31.6 Å². The maximum atomic E-state index is 6.51. The second kappa shape index (κ2) is 23.3. The highest BCUT2D eigenvalue weighted by atomic mass is 35.5. The quantitative estimate of drug-likeness (QED) is 0.109. The lowest BCUT2D eigenvalue weighted by Gasteiger charge is -2.31. The molecule has 4 aliphatic rings. The highest BCUT2D eigenvalue weighted by Gasteiger charge is 2.25. The number of nitrogens with zero attached hydrogens (tertiary/aromatic N) is 10. The van der Waals surface area contributed by atoms with Gasteiger partial charge in [-0.15, -0.1) is 0 Å². The maximum absolute atomic E-state index is 6.51. The van der Waals surface area contributed by atoms with E-state index < -0.39 is 0 Å². The van der Waals surface area contributed by atoms with Gasteiger partial charge in [-0.3, -0.25) is 0 Å². The lowest BCUT2D eigenvalue weighted by atomic mass is 9.93. The third-order valence-corrected chi connectivity index (χ3v) is 12.0. The molecule has 16 nitrogen and oxygen atoms in total. The number of halogens is 3. The fourth-order valence-electron chi connectivity index (χ4n) is 8.11. The Balaban J connectivity index is 0.000000183. The average Bonchev–Trinajstić information content (AvgIpc) is 3.31. The summed E-state index contributed by atoms with van der Waals surface area (Å²) in [7, 11) is 0. The van der Waals surface area contributed by atoms with Crippen molar-refractivity contribution in [3.63, 3.8) is 0 Å². The summed E-state index contributed by atoms with van der Waals surface area (Å²) < 4.78 is 23.8. The summed E-state index contributed by atoms with van der Waals surface area (Å²) in [5, 5.41) is 6.19. The summed E-state index contributed by atoms with van der Waals surface area (Å²) in [5.41, 5.74) is 10.1. The molecule has 0 unspecified atom stereocenters. The van der Waals surface area contributed by atoms with Crippen LogP contribution in [0.2, 0.25) is 15.7 Å². The van der Waals surface area contributed by atoms with Crippen molar-refractivity contribution in [2.45, 2.75) is 83.1 Å². The summed E-state index contributed by atoms with van der Waals surface area (Å²) in [6.45, 7) is 6.55. The third kappa shape index (κ3) is 13.1. The molecule has 342 valence electrons. The van der Waals surface area contributed by atoms with E-state index in [1.165, 1.54) is 6.20 Å². The lowest BCUT2D eigenvalue weighted by molar-refractivity contribution is 0.122. The SMILES string of the molecule is C.Clc1ccnc(Cl)n1.Clc1nccc(NC2CCC(Oc3cc(N4CCOCC4)cc4ncncc34)CC2)n1.NC1CCC(Oc2cc(N3CCOCC3)cc3ncncc23)CC1.[HH]. The van der Waals surface area contributed by atoms with Crippen molar-refractivity contribution in [3.05, 3.63) is 89.6 Å². The molecule has 4 fully saturated rings. The second-order valence-corrected chi connectivity index (χ2v) is 16.8. The van der Waals surface area contributed by atoms with Crippen LogP contribution in [0.5, 0.6) is 11.5 Å². The number of hydrogen-bond acceptors (Lipinski definition) is 16.